The minimum atomic E-state index is 0.616. The molecule has 1 aliphatic rings. The fourth-order valence-electron chi connectivity index (χ4n) is 2.51. The lowest BCUT2D eigenvalue weighted by atomic mass is 10.1. The van der Waals surface area contributed by atoms with Gasteiger partial charge in [0.05, 0.1) is 0 Å². The highest BCUT2D eigenvalue weighted by molar-refractivity contribution is 5.82. The van der Waals surface area contributed by atoms with Crippen molar-refractivity contribution in [3.05, 3.63) is 48.0 Å². The Bertz CT molecular complexity index is 517. The van der Waals surface area contributed by atoms with Crippen LogP contribution >= 0.6 is 0 Å². The van der Waals surface area contributed by atoms with Crippen molar-refractivity contribution in [3.63, 3.8) is 0 Å². The summed E-state index contributed by atoms with van der Waals surface area (Å²) in [5.41, 5.74) is 1.36. The van der Waals surface area contributed by atoms with Crippen LogP contribution in [0.2, 0.25) is 0 Å². The Kier molecular flexibility index (Phi) is 3.58. The Morgan fingerprint density at radius 1 is 1.00 bits per heavy atom. The van der Waals surface area contributed by atoms with Crippen molar-refractivity contribution in [2.75, 3.05) is 13.2 Å². The third kappa shape index (κ3) is 2.71. The molecule has 0 atom stereocenters. The first-order valence-corrected chi connectivity index (χ1v) is 6.71. The smallest absolute Gasteiger partial charge is 0.0480 e. The van der Waals surface area contributed by atoms with Gasteiger partial charge in [-0.15, -0.1) is 0 Å². The van der Waals surface area contributed by atoms with Crippen LogP contribution in [0, 0.1) is 0 Å². The lowest BCUT2D eigenvalue weighted by Crippen LogP contribution is -2.34. The lowest BCUT2D eigenvalue weighted by Gasteiger charge is -2.23. The minimum Gasteiger partial charge on any atom is -0.381 e. The van der Waals surface area contributed by atoms with E-state index in [2.05, 4.69) is 47.8 Å². The Hall–Kier alpha value is -1.38. The van der Waals surface area contributed by atoms with E-state index in [4.69, 9.17) is 4.74 Å². The van der Waals surface area contributed by atoms with E-state index >= 15 is 0 Å². The van der Waals surface area contributed by atoms with E-state index in [1.165, 1.54) is 16.3 Å². The van der Waals surface area contributed by atoms with Crippen LogP contribution in [0.25, 0.3) is 10.8 Å². The second-order valence-corrected chi connectivity index (χ2v) is 4.95. The molecular formula is C16H19NO. The molecule has 0 saturated carbocycles. The van der Waals surface area contributed by atoms with Gasteiger partial charge >= 0.3 is 0 Å². The van der Waals surface area contributed by atoms with Crippen LogP contribution in [0.4, 0.5) is 0 Å². The molecule has 3 rings (SSSR count). The third-order valence-electron chi connectivity index (χ3n) is 3.63. The second kappa shape index (κ2) is 5.51. The molecule has 18 heavy (non-hydrogen) atoms. The molecule has 2 nitrogen and oxygen atoms in total. The average molecular weight is 241 g/mol. The maximum atomic E-state index is 5.37. The molecule has 1 aliphatic heterocycles. The highest BCUT2D eigenvalue weighted by Crippen LogP contribution is 2.16. The quantitative estimate of drug-likeness (QED) is 0.891. The number of benzene rings is 2. The second-order valence-electron chi connectivity index (χ2n) is 4.95. The lowest BCUT2D eigenvalue weighted by molar-refractivity contribution is 0.0776. The number of hydrogen-bond acceptors (Lipinski definition) is 2. The fourth-order valence-corrected chi connectivity index (χ4v) is 2.51. The topological polar surface area (TPSA) is 21.3 Å². The van der Waals surface area contributed by atoms with Gasteiger partial charge in [0.2, 0.25) is 0 Å². The van der Waals surface area contributed by atoms with Gasteiger partial charge < -0.3 is 10.1 Å². The van der Waals surface area contributed by atoms with Crippen molar-refractivity contribution >= 4 is 10.8 Å². The van der Waals surface area contributed by atoms with Crippen LogP contribution < -0.4 is 5.32 Å². The molecule has 0 bridgehead atoms. The van der Waals surface area contributed by atoms with E-state index < -0.39 is 0 Å². The molecule has 0 aliphatic carbocycles. The van der Waals surface area contributed by atoms with Crippen molar-refractivity contribution in [1.29, 1.82) is 0 Å². The summed E-state index contributed by atoms with van der Waals surface area (Å²) in [4.78, 5) is 0. The summed E-state index contributed by atoms with van der Waals surface area (Å²) in [5.74, 6) is 0. The number of hydrogen-bond donors (Lipinski definition) is 1. The van der Waals surface area contributed by atoms with E-state index in [1.54, 1.807) is 0 Å². The predicted molar refractivity (Wildman–Crippen MR) is 74.6 cm³/mol. The molecule has 94 valence electrons. The van der Waals surface area contributed by atoms with Crippen molar-refractivity contribution in [2.24, 2.45) is 0 Å². The van der Waals surface area contributed by atoms with Gasteiger partial charge in [0.1, 0.15) is 0 Å². The molecule has 1 N–H and O–H groups in total. The monoisotopic (exact) mass is 241 g/mol. The van der Waals surface area contributed by atoms with Gasteiger partial charge in [0.25, 0.3) is 0 Å². The zero-order valence-corrected chi connectivity index (χ0v) is 10.6. The van der Waals surface area contributed by atoms with Crippen molar-refractivity contribution in [3.8, 4) is 0 Å². The van der Waals surface area contributed by atoms with Crippen LogP contribution in [0.3, 0.4) is 0 Å². The number of rotatable bonds is 3. The SMILES string of the molecule is c1ccc2cc(CNC3CCOCC3)ccc2c1. The van der Waals surface area contributed by atoms with E-state index in [-0.39, 0.29) is 0 Å². The summed E-state index contributed by atoms with van der Waals surface area (Å²) < 4.78 is 5.37. The number of ether oxygens (including phenoxy) is 1. The van der Waals surface area contributed by atoms with Gasteiger partial charge in [-0.1, -0.05) is 36.4 Å². The summed E-state index contributed by atoms with van der Waals surface area (Å²) >= 11 is 0. The van der Waals surface area contributed by atoms with E-state index in [0.29, 0.717) is 6.04 Å². The molecule has 0 aromatic heterocycles. The van der Waals surface area contributed by atoms with Crippen LogP contribution in [-0.4, -0.2) is 19.3 Å². The fraction of sp³-hybridized carbons (Fsp3) is 0.375. The van der Waals surface area contributed by atoms with Crippen LogP contribution in [0.15, 0.2) is 42.5 Å². The molecule has 2 aromatic rings. The third-order valence-corrected chi connectivity index (χ3v) is 3.63. The maximum Gasteiger partial charge on any atom is 0.0480 e. The number of nitrogens with one attached hydrogen (secondary N) is 1. The molecule has 2 heteroatoms. The molecule has 1 heterocycles. The van der Waals surface area contributed by atoms with Crippen LogP contribution in [-0.2, 0) is 11.3 Å². The van der Waals surface area contributed by atoms with Crippen LogP contribution in [0.5, 0.6) is 0 Å². The van der Waals surface area contributed by atoms with Crippen molar-refractivity contribution < 1.29 is 4.74 Å². The summed E-state index contributed by atoms with van der Waals surface area (Å²) in [6, 6.07) is 15.8. The summed E-state index contributed by atoms with van der Waals surface area (Å²) in [6.45, 7) is 2.75. The Labute approximate surface area is 108 Å². The standard InChI is InChI=1S/C16H19NO/c1-2-4-15-11-13(5-6-14(15)3-1)12-17-16-7-9-18-10-8-16/h1-6,11,16-17H,7-10,12H2. The first-order chi connectivity index (χ1) is 8.92. The normalized spacial score (nSPS) is 17.1. The summed E-state index contributed by atoms with van der Waals surface area (Å²) in [6.07, 6.45) is 2.27. The van der Waals surface area contributed by atoms with Crippen molar-refractivity contribution in [2.45, 2.75) is 25.4 Å². The maximum absolute atomic E-state index is 5.37. The zero-order chi connectivity index (χ0) is 12.2. The molecule has 0 radical (unpaired) electrons. The Morgan fingerprint density at radius 2 is 1.78 bits per heavy atom. The predicted octanol–water partition coefficient (Wildman–Crippen LogP) is 3.11. The van der Waals surface area contributed by atoms with E-state index in [1.807, 2.05) is 0 Å². The number of fused-ring (bicyclic) bond motifs is 1. The van der Waals surface area contributed by atoms with Crippen molar-refractivity contribution in [1.82, 2.24) is 5.32 Å². The molecule has 0 spiro atoms. The molecular weight excluding hydrogens is 222 g/mol. The van der Waals surface area contributed by atoms with E-state index in [0.717, 1.165) is 32.6 Å². The summed E-state index contributed by atoms with van der Waals surface area (Å²) in [5, 5.41) is 6.26. The van der Waals surface area contributed by atoms with E-state index in [9.17, 15) is 0 Å². The molecule has 2 aromatic carbocycles. The van der Waals surface area contributed by atoms with Gasteiger partial charge in [-0.3, -0.25) is 0 Å². The first-order valence-electron chi connectivity index (χ1n) is 6.71. The van der Waals surface area contributed by atoms with Gasteiger partial charge in [0.15, 0.2) is 0 Å². The highest BCUT2D eigenvalue weighted by Gasteiger charge is 2.12. The van der Waals surface area contributed by atoms with Crippen LogP contribution in [0.1, 0.15) is 18.4 Å². The van der Waals surface area contributed by atoms with Gasteiger partial charge in [-0.05, 0) is 35.2 Å². The minimum absolute atomic E-state index is 0.616. The first kappa shape index (κ1) is 11.7. The zero-order valence-electron chi connectivity index (χ0n) is 10.6. The van der Waals surface area contributed by atoms with Gasteiger partial charge in [-0.2, -0.15) is 0 Å². The molecule has 1 saturated heterocycles. The molecule has 0 amide bonds. The Balaban J connectivity index is 1.66. The molecule has 1 fully saturated rings. The van der Waals surface area contributed by atoms with Gasteiger partial charge in [-0.25, -0.2) is 0 Å². The molecule has 0 unspecified atom stereocenters. The Morgan fingerprint density at radius 3 is 2.61 bits per heavy atom. The largest absolute Gasteiger partial charge is 0.381 e. The highest BCUT2D eigenvalue weighted by atomic mass is 16.5. The summed E-state index contributed by atoms with van der Waals surface area (Å²) in [7, 11) is 0. The average Bonchev–Trinajstić information content (AvgIpc) is 2.46. The van der Waals surface area contributed by atoms with Gasteiger partial charge in [0, 0.05) is 25.8 Å².